The maximum atomic E-state index is 5.01. The van der Waals surface area contributed by atoms with E-state index in [1.807, 2.05) is 38.1 Å². The predicted octanol–water partition coefficient (Wildman–Crippen LogP) is 2.87. The quantitative estimate of drug-likeness (QED) is 0.715. The maximum Gasteiger partial charge on any atom is 0.118 e. The van der Waals surface area contributed by atoms with E-state index in [4.69, 9.17) is 9.47 Å². The van der Waals surface area contributed by atoms with Crippen molar-refractivity contribution in [3.63, 3.8) is 0 Å². The van der Waals surface area contributed by atoms with Crippen molar-refractivity contribution in [1.29, 1.82) is 0 Å². The summed E-state index contributed by atoms with van der Waals surface area (Å²) in [7, 11) is 3.34. The molecule has 0 unspecified atom stereocenters. The number of hydrogen-bond donors (Lipinski definition) is 0. The van der Waals surface area contributed by atoms with Gasteiger partial charge in [-0.25, -0.2) is 0 Å². The molecule has 2 heteroatoms. The van der Waals surface area contributed by atoms with Gasteiger partial charge in [-0.05, 0) is 17.7 Å². The Hall–Kier alpha value is -1.02. The highest BCUT2D eigenvalue weighted by atomic mass is 16.5. The lowest BCUT2D eigenvalue weighted by Crippen LogP contribution is -1.87. The lowest BCUT2D eigenvalue weighted by Gasteiger charge is -2.01. The normalized spacial score (nSPS) is 8.62. The van der Waals surface area contributed by atoms with Crippen LogP contribution in [0.25, 0.3) is 0 Å². The van der Waals surface area contributed by atoms with Crippen molar-refractivity contribution in [2.24, 2.45) is 0 Å². The first-order valence-electron chi connectivity index (χ1n) is 4.48. The van der Waals surface area contributed by atoms with Gasteiger partial charge in [-0.1, -0.05) is 26.0 Å². The highest BCUT2D eigenvalue weighted by Crippen LogP contribution is 2.11. The summed E-state index contributed by atoms with van der Waals surface area (Å²) in [5.74, 6) is 0.879. The topological polar surface area (TPSA) is 18.5 Å². The zero-order chi connectivity index (χ0) is 10.1. The zero-order valence-electron chi connectivity index (χ0n) is 8.83. The van der Waals surface area contributed by atoms with Gasteiger partial charge in [-0.15, -0.1) is 0 Å². The predicted molar refractivity (Wildman–Crippen MR) is 55.1 cm³/mol. The molecule has 1 rings (SSSR count). The third-order valence-corrected chi connectivity index (χ3v) is 1.47. The second-order valence-corrected chi connectivity index (χ2v) is 2.28. The molecule has 74 valence electrons. The van der Waals surface area contributed by atoms with E-state index in [0.717, 1.165) is 11.3 Å². The monoisotopic (exact) mass is 182 g/mol. The van der Waals surface area contributed by atoms with Gasteiger partial charge in [-0.3, -0.25) is 0 Å². The molecule has 0 saturated carbocycles. The van der Waals surface area contributed by atoms with Crippen LogP contribution in [0.4, 0.5) is 0 Å². The molecule has 0 N–H and O–H groups in total. The minimum Gasteiger partial charge on any atom is -0.497 e. The molecule has 0 heterocycles. The summed E-state index contributed by atoms with van der Waals surface area (Å²) in [6, 6.07) is 7.83. The van der Waals surface area contributed by atoms with Gasteiger partial charge in [0.05, 0.1) is 13.7 Å². The Kier molecular flexibility index (Phi) is 7.02. The van der Waals surface area contributed by atoms with Crippen LogP contribution < -0.4 is 4.74 Å². The zero-order valence-corrected chi connectivity index (χ0v) is 8.83. The Morgan fingerprint density at radius 1 is 1.00 bits per heavy atom. The van der Waals surface area contributed by atoms with E-state index in [1.54, 1.807) is 14.2 Å². The third kappa shape index (κ3) is 4.53. The van der Waals surface area contributed by atoms with E-state index in [1.165, 1.54) is 0 Å². The molecule has 0 aliphatic rings. The van der Waals surface area contributed by atoms with Crippen LogP contribution in [0, 0.1) is 0 Å². The molecular formula is C11H18O2. The molecule has 1 aromatic carbocycles. The highest BCUT2D eigenvalue weighted by Gasteiger charge is 1.91. The average Bonchev–Trinajstić information content (AvgIpc) is 2.23. The first-order chi connectivity index (χ1) is 6.36. The summed E-state index contributed by atoms with van der Waals surface area (Å²) in [4.78, 5) is 0. The van der Waals surface area contributed by atoms with E-state index in [-0.39, 0.29) is 0 Å². The van der Waals surface area contributed by atoms with Gasteiger partial charge in [0.25, 0.3) is 0 Å². The van der Waals surface area contributed by atoms with Gasteiger partial charge in [0, 0.05) is 7.11 Å². The SMILES string of the molecule is CC.COCc1ccc(OC)cc1. The fraction of sp³-hybridized carbons (Fsp3) is 0.455. The van der Waals surface area contributed by atoms with E-state index in [9.17, 15) is 0 Å². The Morgan fingerprint density at radius 2 is 1.54 bits per heavy atom. The molecule has 0 bridgehead atoms. The molecule has 2 nitrogen and oxygen atoms in total. The standard InChI is InChI=1S/C9H12O2.C2H6/c1-10-7-8-3-5-9(11-2)6-4-8;1-2/h3-6H,7H2,1-2H3;1-2H3. The summed E-state index contributed by atoms with van der Waals surface area (Å²) in [6.45, 7) is 4.66. The number of benzene rings is 1. The van der Waals surface area contributed by atoms with Crippen LogP contribution in [0.5, 0.6) is 5.75 Å². The van der Waals surface area contributed by atoms with Crippen molar-refractivity contribution < 1.29 is 9.47 Å². The molecule has 1 aromatic rings. The fourth-order valence-corrected chi connectivity index (χ4v) is 0.888. The molecule has 0 radical (unpaired) electrons. The first-order valence-corrected chi connectivity index (χ1v) is 4.48. The maximum absolute atomic E-state index is 5.01. The fourth-order valence-electron chi connectivity index (χ4n) is 0.888. The van der Waals surface area contributed by atoms with Crippen molar-refractivity contribution in [2.75, 3.05) is 14.2 Å². The number of ether oxygens (including phenoxy) is 2. The van der Waals surface area contributed by atoms with Crippen LogP contribution in [0.2, 0.25) is 0 Å². The van der Waals surface area contributed by atoms with Crippen molar-refractivity contribution in [2.45, 2.75) is 20.5 Å². The van der Waals surface area contributed by atoms with Gasteiger partial charge in [0.2, 0.25) is 0 Å². The van der Waals surface area contributed by atoms with Crippen molar-refractivity contribution in [3.8, 4) is 5.75 Å². The molecule has 0 saturated heterocycles. The van der Waals surface area contributed by atoms with Gasteiger partial charge in [0.1, 0.15) is 5.75 Å². The van der Waals surface area contributed by atoms with E-state index in [2.05, 4.69) is 0 Å². The summed E-state index contributed by atoms with van der Waals surface area (Å²) >= 11 is 0. The van der Waals surface area contributed by atoms with E-state index in [0.29, 0.717) is 6.61 Å². The number of methoxy groups -OCH3 is 2. The Bertz CT molecular complexity index is 204. The minimum atomic E-state index is 0.657. The summed E-state index contributed by atoms with van der Waals surface area (Å²) in [6.07, 6.45) is 0. The summed E-state index contributed by atoms with van der Waals surface area (Å²) < 4.78 is 9.97. The smallest absolute Gasteiger partial charge is 0.118 e. The van der Waals surface area contributed by atoms with Crippen LogP contribution in [0.3, 0.4) is 0 Å². The van der Waals surface area contributed by atoms with Crippen LogP contribution in [0.1, 0.15) is 19.4 Å². The van der Waals surface area contributed by atoms with Crippen LogP contribution in [-0.2, 0) is 11.3 Å². The second kappa shape index (κ2) is 7.62. The minimum absolute atomic E-state index is 0.657. The average molecular weight is 182 g/mol. The van der Waals surface area contributed by atoms with Crippen LogP contribution >= 0.6 is 0 Å². The van der Waals surface area contributed by atoms with E-state index >= 15 is 0 Å². The largest absolute Gasteiger partial charge is 0.497 e. The number of hydrogen-bond acceptors (Lipinski definition) is 2. The lowest BCUT2D eigenvalue weighted by molar-refractivity contribution is 0.185. The van der Waals surface area contributed by atoms with E-state index < -0.39 is 0 Å². The first kappa shape index (κ1) is 12.0. The van der Waals surface area contributed by atoms with Crippen LogP contribution in [-0.4, -0.2) is 14.2 Å². The molecule has 0 aliphatic carbocycles. The van der Waals surface area contributed by atoms with Crippen molar-refractivity contribution >= 4 is 0 Å². The van der Waals surface area contributed by atoms with Gasteiger partial charge >= 0.3 is 0 Å². The Labute approximate surface area is 80.5 Å². The molecular weight excluding hydrogens is 164 g/mol. The Morgan fingerprint density at radius 3 is 1.92 bits per heavy atom. The number of rotatable bonds is 3. The van der Waals surface area contributed by atoms with Gasteiger partial charge in [-0.2, -0.15) is 0 Å². The Balaban J connectivity index is 0.000000671. The molecule has 13 heavy (non-hydrogen) atoms. The van der Waals surface area contributed by atoms with Gasteiger partial charge in [0.15, 0.2) is 0 Å². The molecule has 0 amide bonds. The van der Waals surface area contributed by atoms with Crippen molar-refractivity contribution in [3.05, 3.63) is 29.8 Å². The lowest BCUT2D eigenvalue weighted by atomic mass is 10.2. The highest BCUT2D eigenvalue weighted by molar-refractivity contribution is 5.26. The van der Waals surface area contributed by atoms with Crippen molar-refractivity contribution in [1.82, 2.24) is 0 Å². The van der Waals surface area contributed by atoms with Crippen LogP contribution in [0.15, 0.2) is 24.3 Å². The van der Waals surface area contributed by atoms with Gasteiger partial charge < -0.3 is 9.47 Å². The molecule has 0 aliphatic heterocycles. The summed E-state index contributed by atoms with van der Waals surface area (Å²) in [5, 5.41) is 0. The molecule has 0 fully saturated rings. The second-order valence-electron chi connectivity index (χ2n) is 2.28. The third-order valence-electron chi connectivity index (χ3n) is 1.47. The molecule has 0 atom stereocenters. The molecule has 0 aromatic heterocycles. The molecule has 0 spiro atoms. The summed E-state index contributed by atoms with van der Waals surface area (Å²) in [5.41, 5.74) is 1.16.